The lowest BCUT2D eigenvalue weighted by molar-refractivity contribution is 0.128. The summed E-state index contributed by atoms with van der Waals surface area (Å²) in [6.07, 6.45) is 5.76. The molecule has 94 valence electrons. The quantitative estimate of drug-likeness (QED) is 0.887. The Morgan fingerprint density at radius 2 is 2.00 bits per heavy atom. The minimum atomic E-state index is 0.708. The summed E-state index contributed by atoms with van der Waals surface area (Å²) in [4.78, 5) is 4.32. The maximum absolute atomic E-state index is 3.47. The number of piperazine rings is 1. The molecule has 0 radical (unpaired) electrons. The number of hydrogen-bond donors (Lipinski definition) is 1. The second kappa shape index (κ2) is 5.51. The lowest BCUT2D eigenvalue weighted by atomic mass is 9.94. The molecule has 2 aliphatic rings. The number of nitrogens with zero attached hydrogens (tertiary/aromatic N) is 1. The highest BCUT2D eigenvalue weighted by Crippen LogP contribution is 2.41. The van der Waals surface area contributed by atoms with E-state index in [9.17, 15) is 0 Å². The van der Waals surface area contributed by atoms with Crippen LogP contribution in [-0.2, 0) is 0 Å². The normalized spacial score (nSPS) is 25.2. The minimum absolute atomic E-state index is 0.708. The topological polar surface area (TPSA) is 15.3 Å². The van der Waals surface area contributed by atoms with Gasteiger partial charge < -0.3 is 5.32 Å². The Kier molecular flexibility index (Phi) is 3.79. The van der Waals surface area contributed by atoms with Gasteiger partial charge in [0.25, 0.3) is 0 Å². The molecule has 1 N–H and O–H groups in total. The zero-order valence-electron chi connectivity index (χ0n) is 10.4. The van der Waals surface area contributed by atoms with Crippen LogP contribution >= 0.6 is 11.3 Å². The van der Waals surface area contributed by atoms with Gasteiger partial charge in [0.05, 0.1) is 0 Å². The van der Waals surface area contributed by atoms with Crippen LogP contribution in [0.2, 0.25) is 0 Å². The van der Waals surface area contributed by atoms with E-state index in [0.717, 1.165) is 19.0 Å². The fraction of sp³-hybridized carbons (Fsp3) is 0.714. The van der Waals surface area contributed by atoms with Crippen LogP contribution in [0.4, 0.5) is 0 Å². The standard InChI is InChI=1S/C14H22N2S/c1-2-5-12(4-1)14(13-6-3-11-17-13)16-9-7-15-8-10-16/h3,6,11-12,14-15H,1-2,4-5,7-10H2/t14-/m1/s1. The molecule has 0 spiro atoms. The molecule has 3 heteroatoms. The third kappa shape index (κ3) is 2.56. The molecule has 1 atom stereocenters. The number of thiophene rings is 1. The first kappa shape index (κ1) is 11.7. The van der Waals surface area contributed by atoms with Crippen molar-refractivity contribution in [3.8, 4) is 0 Å². The predicted octanol–water partition coefficient (Wildman–Crippen LogP) is 2.88. The van der Waals surface area contributed by atoms with Gasteiger partial charge in [-0.2, -0.15) is 0 Å². The highest BCUT2D eigenvalue weighted by molar-refractivity contribution is 7.10. The lowest BCUT2D eigenvalue weighted by Crippen LogP contribution is -2.46. The summed E-state index contributed by atoms with van der Waals surface area (Å²) in [6.45, 7) is 4.77. The van der Waals surface area contributed by atoms with Crippen LogP contribution in [0.3, 0.4) is 0 Å². The van der Waals surface area contributed by atoms with Crippen LogP contribution in [0.1, 0.15) is 36.6 Å². The Morgan fingerprint density at radius 3 is 2.65 bits per heavy atom. The summed E-state index contributed by atoms with van der Waals surface area (Å²) < 4.78 is 0. The van der Waals surface area contributed by atoms with Crippen LogP contribution < -0.4 is 5.32 Å². The van der Waals surface area contributed by atoms with Gasteiger partial charge in [0.1, 0.15) is 0 Å². The van der Waals surface area contributed by atoms with E-state index in [4.69, 9.17) is 0 Å². The molecule has 1 aliphatic heterocycles. The van der Waals surface area contributed by atoms with Crippen LogP contribution in [0.15, 0.2) is 17.5 Å². The van der Waals surface area contributed by atoms with Gasteiger partial charge in [-0.1, -0.05) is 18.9 Å². The molecule has 17 heavy (non-hydrogen) atoms. The van der Waals surface area contributed by atoms with Gasteiger partial charge in [-0.15, -0.1) is 11.3 Å². The Balaban J connectivity index is 1.79. The molecule has 2 fully saturated rings. The fourth-order valence-electron chi connectivity index (χ4n) is 3.40. The van der Waals surface area contributed by atoms with Gasteiger partial charge in [-0.3, -0.25) is 4.90 Å². The predicted molar refractivity (Wildman–Crippen MR) is 73.5 cm³/mol. The van der Waals surface area contributed by atoms with Gasteiger partial charge >= 0.3 is 0 Å². The maximum atomic E-state index is 3.47. The molecule has 1 saturated carbocycles. The van der Waals surface area contributed by atoms with Gasteiger partial charge in [-0.25, -0.2) is 0 Å². The highest BCUT2D eigenvalue weighted by atomic mass is 32.1. The molecule has 2 heterocycles. The summed E-state index contributed by atoms with van der Waals surface area (Å²) in [5.41, 5.74) is 0. The van der Waals surface area contributed by atoms with Crippen molar-refractivity contribution >= 4 is 11.3 Å². The van der Waals surface area contributed by atoms with E-state index >= 15 is 0 Å². The van der Waals surface area contributed by atoms with E-state index in [1.165, 1.54) is 38.8 Å². The van der Waals surface area contributed by atoms with Crippen LogP contribution in [0, 0.1) is 5.92 Å². The molecule has 3 rings (SSSR count). The molecule has 1 saturated heterocycles. The van der Waals surface area contributed by atoms with E-state index in [-0.39, 0.29) is 0 Å². The summed E-state index contributed by atoms with van der Waals surface area (Å²) in [5, 5.41) is 5.70. The number of nitrogens with one attached hydrogen (secondary N) is 1. The zero-order valence-corrected chi connectivity index (χ0v) is 11.2. The number of rotatable bonds is 3. The van der Waals surface area contributed by atoms with E-state index in [1.807, 2.05) is 11.3 Å². The molecule has 2 nitrogen and oxygen atoms in total. The first-order valence-corrected chi connectivity index (χ1v) is 7.81. The molecule has 0 unspecified atom stereocenters. The molecular weight excluding hydrogens is 228 g/mol. The highest BCUT2D eigenvalue weighted by Gasteiger charge is 2.32. The van der Waals surface area contributed by atoms with E-state index < -0.39 is 0 Å². The van der Waals surface area contributed by atoms with Gasteiger partial charge in [0.2, 0.25) is 0 Å². The first-order chi connectivity index (χ1) is 8.45. The Hall–Kier alpha value is -0.380. The first-order valence-electron chi connectivity index (χ1n) is 6.93. The van der Waals surface area contributed by atoms with E-state index in [0.29, 0.717) is 6.04 Å². The summed E-state index contributed by atoms with van der Waals surface area (Å²) in [6, 6.07) is 5.26. The van der Waals surface area contributed by atoms with Crippen molar-refractivity contribution in [2.75, 3.05) is 26.2 Å². The van der Waals surface area contributed by atoms with Gasteiger partial charge in [-0.05, 0) is 30.2 Å². The smallest absolute Gasteiger partial charge is 0.0470 e. The van der Waals surface area contributed by atoms with Crippen LogP contribution in [0.25, 0.3) is 0 Å². The number of hydrogen-bond acceptors (Lipinski definition) is 3. The van der Waals surface area contributed by atoms with Crippen LogP contribution in [0.5, 0.6) is 0 Å². The SMILES string of the molecule is c1csc([C@@H](C2CCCC2)N2CCNCC2)c1. The summed E-state index contributed by atoms with van der Waals surface area (Å²) >= 11 is 1.95. The molecule has 1 aliphatic carbocycles. The molecule has 0 amide bonds. The Morgan fingerprint density at radius 1 is 1.24 bits per heavy atom. The second-order valence-corrected chi connectivity index (χ2v) is 6.27. The second-order valence-electron chi connectivity index (χ2n) is 5.29. The average molecular weight is 250 g/mol. The molecule has 0 bridgehead atoms. The maximum Gasteiger partial charge on any atom is 0.0470 e. The fourth-order valence-corrected chi connectivity index (χ4v) is 4.36. The Bertz CT molecular complexity index is 324. The largest absolute Gasteiger partial charge is 0.314 e. The van der Waals surface area contributed by atoms with Crippen molar-refractivity contribution in [2.45, 2.75) is 31.7 Å². The molecule has 0 aromatic carbocycles. The van der Waals surface area contributed by atoms with Crippen molar-refractivity contribution < 1.29 is 0 Å². The minimum Gasteiger partial charge on any atom is -0.314 e. The zero-order chi connectivity index (χ0) is 11.5. The van der Waals surface area contributed by atoms with Gasteiger partial charge in [0, 0.05) is 37.1 Å². The lowest BCUT2D eigenvalue weighted by Gasteiger charge is -2.37. The van der Waals surface area contributed by atoms with Crippen molar-refractivity contribution in [3.63, 3.8) is 0 Å². The van der Waals surface area contributed by atoms with Crippen LogP contribution in [-0.4, -0.2) is 31.1 Å². The van der Waals surface area contributed by atoms with E-state index in [1.54, 1.807) is 4.88 Å². The summed E-state index contributed by atoms with van der Waals surface area (Å²) in [7, 11) is 0. The monoisotopic (exact) mass is 250 g/mol. The molecule has 1 aromatic heterocycles. The van der Waals surface area contributed by atoms with Crippen molar-refractivity contribution in [2.24, 2.45) is 5.92 Å². The average Bonchev–Trinajstić information content (AvgIpc) is 3.04. The molecular formula is C14H22N2S. The third-order valence-corrected chi connectivity index (χ3v) is 5.17. The van der Waals surface area contributed by atoms with Crippen molar-refractivity contribution in [3.05, 3.63) is 22.4 Å². The summed E-state index contributed by atoms with van der Waals surface area (Å²) in [5.74, 6) is 0.909. The van der Waals surface area contributed by atoms with E-state index in [2.05, 4.69) is 27.7 Å². The van der Waals surface area contributed by atoms with Gasteiger partial charge in [0.15, 0.2) is 0 Å². The third-order valence-electron chi connectivity index (χ3n) is 4.23. The molecule has 1 aromatic rings. The Labute approximate surface area is 108 Å². The van der Waals surface area contributed by atoms with Crippen molar-refractivity contribution in [1.82, 2.24) is 10.2 Å². The van der Waals surface area contributed by atoms with Crippen molar-refractivity contribution in [1.29, 1.82) is 0 Å².